The van der Waals surface area contributed by atoms with E-state index in [1.807, 2.05) is 0 Å². The minimum atomic E-state index is -0.126. The second-order valence-corrected chi connectivity index (χ2v) is 3.74. The molecule has 0 saturated heterocycles. The second kappa shape index (κ2) is 4.34. The van der Waals surface area contributed by atoms with Crippen LogP contribution in [0.4, 0.5) is 0 Å². The monoisotopic (exact) mass is 118 g/mol. The van der Waals surface area contributed by atoms with Gasteiger partial charge in [-0.25, -0.2) is 0 Å². The lowest BCUT2D eigenvalue weighted by atomic mass is 10.3. The Morgan fingerprint density at radius 1 is 1.57 bits per heavy atom. The highest BCUT2D eigenvalue weighted by Crippen LogP contribution is 1.96. The van der Waals surface area contributed by atoms with Crippen molar-refractivity contribution in [2.24, 2.45) is 5.92 Å². The molecule has 0 aromatic carbocycles. The van der Waals surface area contributed by atoms with Crippen LogP contribution in [-0.2, 0) is 4.43 Å². The molecule has 2 heteroatoms. The van der Waals surface area contributed by atoms with Crippen LogP contribution in [0.5, 0.6) is 0 Å². The fraction of sp³-hybridized carbons (Fsp3) is 1.00. The molecule has 0 bridgehead atoms. The van der Waals surface area contributed by atoms with Gasteiger partial charge in [-0.15, -0.1) is 0 Å². The van der Waals surface area contributed by atoms with Gasteiger partial charge < -0.3 is 4.43 Å². The van der Waals surface area contributed by atoms with E-state index < -0.39 is 0 Å². The summed E-state index contributed by atoms with van der Waals surface area (Å²) in [6.45, 7) is 4.46. The van der Waals surface area contributed by atoms with E-state index in [1.165, 1.54) is 6.04 Å². The Morgan fingerprint density at radius 3 is 2.29 bits per heavy atom. The number of rotatable bonds is 3. The predicted octanol–water partition coefficient (Wildman–Crippen LogP) is 0.791. The topological polar surface area (TPSA) is 9.23 Å². The summed E-state index contributed by atoms with van der Waals surface area (Å²) < 4.78 is 4.99. The first-order valence-corrected chi connectivity index (χ1v) is 4.34. The zero-order valence-electron chi connectivity index (χ0n) is 5.40. The van der Waals surface area contributed by atoms with Crippen LogP contribution in [0.15, 0.2) is 0 Å². The van der Waals surface area contributed by atoms with Gasteiger partial charge in [0, 0.05) is 7.11 Å². The van der Waals surface area contributed by atoms with E-state index in [4.69, 9.17) is 4.43 Å². The van der Waals surface area contributed by atoms with Gasteiger partial charge >= 0.3 is 0 Å². The molecule has 0 radical (unpaired) electrons. The molecule has 0 rings (SSSR count). The Morgan fingerprint density at radius 2 is 2.14 bits per heavy atom. The highest BCUT2D eigenvalue weighted by Gasteiger charge is 1.90. The van der Waals surface area contributed by atoms with Crippen LogP contribution < -0.4 is 0 Å². The van der Waals surface area contributed by atoms with E-state index in [2.05, 4.69) is 13.8 Å². The van der Waals surface area contributed by atoms with Gasteiger partial charge in [0.2, 0.25) is 0 Å². The van der Waals surface area contributed by atoms with Crippen molar-refractivity contribution >= 4 is 9.76 Å². The largest absolute Gasteiger partial charge is 0.427 e. The fourth-order valence-corrected chi connectivity index (χ4v) is 1.06. The minimum absolute atomic E-state index is 0.126. The van der Waals surface area contributed by atoms with Crippen molar-refractivity contribution in [3.8, 4) is 0 Å². The first-order chi connectivity index (χ1) is 3.27. The van der Waals surface area contributed by atoms with Crippen molar-refractivity contribution in [3.05, 3.63) is 0 Å². The van der Waals surface area contributed by atoms with Crippen LogP contribution >= 0.6 is 0 Å². The number of hydrogen-bond acceptors (Lipinski definition) is 1. The molecule has 0 unspecified atom stereocenters. The molecule has 0 aliphatic heterocycles. The van der Waals surface area contributed by atoms with Crippen molar-refractivity contribution in [1.82, 2.24) is 0 Å². The number of hydrogen-bond donors (Lipinski definition) is 0. The standard InChI is InChI=1S/C5H14OSi/c1-5(2)4-7-6-3/h5H,4,7H2,1-3H3. The van der Waals surface area contributed by atoms with Crippen LogP contribution in [-0.4, -0.2) is 16.9 Å². The van der Waals surface area contributed by atoms with Crippen LogP contribution in [0.1, 0.15) is 13.8 Å². The van der Waals surface area contributed by atoms with E-state index in [0.29, 0.717) is 0 Å². The minimum Gasteiger partial charge on any atom is -0.427 e. The Kier molecular flexibility index (Phi) is 4.45. The average molecular weight is 118 g/mol. The summed E-state index contributed by atoms with van der Waals surface area (Å²) in [4.78, 5) is 0. The van der Waals surface area contributed by atoms with Crippen LogP contribution in [0, 0.1) is 5.92 Å². The zero-order chi connectivity index (χ0) is 5.70. The average Bonchev–Trinajstić information content (AvgIpc) is 1.61. The molecule has 0 fully saturated rings. The van der Waals surface area contributed by atoms with E-state index in [-0.39, 0.29) is 9.76 Å². The maximum absolute atomic E-state index is 4.99. The molecular formula is C5H14OSi. The van der Waals surface area contributed by atoms with Crippen LogP contribution in [0.3, 0.4) is 0 Å². The molecule has 0 saturated carbocycles. The van der Waals surface area contributed by atoms with Gasteiger partial charge in [-0.1, -0.05) is 13.8 Å². The molecular weight excluding hydrogens is 104 g/mol. The van der Waals surface area contributed by atoms with E-state index >= 15 is 0 Å². The first-order valence-electron chi connectivity index (χ1n) is 2.76. The lowest BCUT2D eigenvalue weighted by Gasteiger charge is -1.98. The predicted molar refractivity (Wildman–Crippen MR) is 35.2 cm³/mol. The summed E-state index contributed by atoms with van der Waals surface area (Å²) in [5.41, 5.74) is 0. The highest BCUT2D eigenvalue weighted by atomic mass is 28.2. The summed E-state index contributed by atoms with van der Waals surface area (Å²) in [6, 6.07) is 1.32. The smallest absolute Gasteiger partial charge is 0.161 e. The summed E-state index contributed by atoms with van der Waals surface area (Å²) in [5.74, 6) is 0.839. The maximum atomic E-state index is 4.99. The molecule has 44 valence electrons. The molecule has 1 nitrogen and oxygen atoms in total. The summed E-state index contributed by atoms with van der Waals surface area (Å²) in [7, 11) is 1.67. The van der Waals surface area contributed by atoms with E-state index in [0.717, 1.165) is 5.92 Å². The third-order valence-corrected chi connectivity index (χ3v) is 2.70. The van der Waals surface area contributed by atoms with E-state index in [9.17, 15) is 0 Å². The van der Waals surface area contributed by atoms with Crippen molar-refractivity contribution in [2.75, 3.05) is 7.11 Å². The second-order valence-electron chi connectivity index (χ2n) is 2.18. The van der Waals surface area contributed by atoms with Crippen LogP contribution in [0.25, 0.3) is 0 Å². The maximum Gasteiger partial charge on any atom is 0.161 e. The third-order valence-electron chi connectivity index (χ3n) is 0.899. The molecule has 0 aliphatic rings. The highest BCUT2D eigenvalue weighted by molar-refractivity contribution is 6.26. The Balaban J connectivity index is 2.68. The molecule has 0 aromatic heterocycles. The normalized spacial score (nSPS) is 12.0. The van der Waals surface area contributed by atoms with Gasteiger partial charge in [-0.2, -0.15) is 0 Å². The lowest BCUT2D eigenvalue weighted by Crippen LogP contribution is -1.97. The third kappa shape index (κ3) is 6.18. The van der Waals surface area contributed by atoms with Gasteiger partial charge in [0.25, 0.3) is 0 Å². The van der Waals surface area contributed by atoms with Gasteiger partial charge in [0.1, 0.15) is 0 Å². The SMILES string of the molecule is CO[SiH2]CC(C)C. The van der Waals surface area contributed by atoms with Gasteiger partial charge in [0.05, 0.1) is 0 Å². The summed E-state index contributed by atoms with van der Waals surface area (Å²) >= 11 is 0. The molecule has 0 aromatic rings. The Hall–Kier alpha value is 0.177. The quantitative estimate of drug-likeness (QED) is 0.498. The van der Waals surface area contributed by atoms with E-state index in [1.54, 1.807) is 7.11 Å². The molecule has 7 heavy (non-hydrogen) atoms. The first kappa shape index (κ1) is 7.18. The molecule has 0 heterocycles. The molecule has 0 amide bonds. The molecule has 0 spiro atoms. The zero-order valence-corrected chi connectivity index (χ0v) is 6.81. The molecule has 0 aliphatic carbocycles. The van der Waals surface area contributed by atoms with Gasteiger partial charge in [-0.3, -0.25) is 0 Å². The van der Waals surface area contributed by atoms with Crippen molar-refractivity contribution in [1.29, 1.82) is 0 Å². The molecule has 0 atom stereocenters. The van der Waals surface area contributed by atoms with Gasteiger partial charge in [0.15, 0.2) is 9.76 Å². The Labute approximate surface area is 48.0 Å². The van der Waals surface area contributed by atoms with Crippen molar-refractivity contribution < 1.29 is 4.43 Å². The summed E-state index contributed by atoms with van der Waals surface area (Å²) in [6.07, 6.45) is 0. The fourth-order valence-electron chi connectivity index (χ4n) is 0.354. The van der Waals surface area contributed by atoms with Gasteiger partial charge in [-0.05, 0) is 12.0 Å². The van der Waals surface area contributed by atoms with Crippen molar-refractivity contribution in [3.63, 3.8) is 0 Å². The Bertz CT molecular complexity index is 37.1. The van der Waals surface area contributed by atoms with Crippen LogP contribution in [0.2, 0.25) is 6.04 Å². The lowest BCUT2D eigenvalue weighted by molar-refractivity contribution is 0.434. The molecule has 0 N–H and O–H groups in total. The summed E-state index contributed by atoms with van der Waals surface area (Å²) in [5, 5.41) is 0. The van der Waals surface area contributed by atoms with Crippen molar-refractivity contribution in [2.45, 2.75) is 19.9 Å².